The topological polar surface area (TPSA) is 58.9 Å². The van der Waals surface area contributed by atoms with Gasteiger partial charge in [0.05, 0.1) is 12.1 Å². The predicted molar refractivity (Wildman–Crippen MR) is 86.0 cm³/mol. The number of hydrogen-bond acceptors (Lipinski definition) is 4. The lowest BCUT2D eigenvalue weighted by Crippen LogP contribution is -2.36. The average molecular weight is 296 g/mol. The molecule has 0 saturated heterocycles. The van der Waals surface area contributed by atoms with Crippen LogP contribution in [0.3, 0.4) is 0 Å². The lowest BCUT2D eigenvalue weighted by molar-refractivity contribution is 0.241. The fourth-order valence-corrected chi connectivity index (χ4v) is 5.71. The lowest BCUT2D eigenvalue weighted by atomic mass is 9.77. The fraction of sp³-hybridized carbons (Fsp3) is 1.00. The van der Waals surface area contributed by atoms with Gasteiger partial charge < -0.3 is 0 Å². The van der Waals surface area contributed by atoms with Gasteiger partial charge >= 0.3 is 0 Å². The van der Waals surface area contributed by atoms with Crippen LogP contribution in [0.15, 0.2) is 10.4 Å². The Kier molecular flexibility index (Phi) is 6.32. The Morgan fingerprint density at radius 1 is 0.700 bits per heavy atom. The zero-order chi connectivity index (χ0) is 14.4. The molecule has 20 heavy (non-hydrogen) atoms. The van der Waals surface area contributed by atoms with Crippen LogP contribution in [0.4, 0.5) is 0 Å². The van der Waals surface area contributed by atoms with Gasteiger partial charge in [-0.05, 0) is 43.1 Å². The molecule has 0 aliphatic heterocycles. The first kappa shape index (κ1) is 15.8. The molecule has 0 N–H and O–H groups in total. The summed E-state index contributed by atoms with van der Waals surface area (Å²) >= 11 is 0. The third-order valence-electron chi connectivity index (χ3n) is 5.59. The molecule has 2 fully saturated rings. The van der Waals surface area contributed by atoms with Crippen molar-refractivity contribution in [3.05, 3.63) is 9.81 Å². The van der Waals surface area contributed by atoms with Crippen molar-refractivity contribution in [3.63, 3.8) is 0 Å². The van der Waals surface area contributed by atoms with Crippen molar-refractivity contribution in [2.24, 2.45) is 22.2 Å². The van der Waals surface area contributed by atoms with Gasteiger partial charge in [0.1, 0.15) is 0 Å². The Labute approximate surface area is 124 Å². The van der Waals surface area contributed by atoms with Crippen LogP contribution >= 0.6 is 0 Å². The molecule has 4 nitrogen and oxygen atoms in total. The average Bonchev–Trinajstić information content (AvgIpc) is 2.51. The fourth-order valence-electron chi connectivity index (χ4n) is 4.38. The predicted octanol–water partition coefficient (Wildman–Crippen LogP) is 3.57. The standard InChI is InChI=1S/C15H28N2O2Si/c18-16-13(11-7-3-1-4-8-11)15(20)14(17-19)12-9-5-2-6-10-12/h11-15H,1-10H2,20H3. The van der Waals surface area contributed by atoms with Crippen molar-refractivity contribution in [1.29, 1.82) is 0 Å². The maximum atomic E-state index is 11.4. The Morgan fingerprint density at radius 2 is 1.05 bits per heavy atom. The summed E-state index contributed by atoms with van der Waals surface area (Å²) < 4.78 is 0. The molecule has 0 radical (unpaired) electrons. The number of rotatable bonds is 6. The first-order valence-electron chi connectivity index (χ1n) is 8.43. The molecule has 0 bridgehead atoms. The molecule has 2 aliphatic rings. The number of nitrogens with zero attached hydrogens (tertiary/aromatic N) is 2. The molecule has 0 aromatic rings. The van der Waals surface area contributed by atoms with Crippen molar-refractivity contribution in [2.75, 3.05) is 0 Å². The molecule has 0 spiro atoms. The van der Waals surface area contributed by atoms with Crippen LogP contribution in [0.25, 0.3) is 0 Å². The zero-order valence-corrected chi connectivity index (χ0v) is 14.7. The molecule has 2 atom stereocenters. The highest BCUT2D eigenvalue weighted by Gasteiger charge is 2.38. The molecular formula is C15H28N2O2Si. The molecule has 2 aliphatic carbocycles. The van der Waals surface area contributed by atoms with Crippen LogP contribution in [0.1, 0.15) is 64.2 Å². The van der Waals surface area contributed by atoms with Crippen molar-refractivity contribution in [2.45, 2.75) is 81.8 Å². The van der Waals surface area contributed by atoms with Crippen LogP contribution in [0.2, 0.25) is 5.54 Å². The minimum Gasteiger partial charge on any atom is -0.151 e. The van der Waals surface area contributed by atoms with Gasteiger partial charge in [-0.25, -0.2) is 0 Å². The maximum Gasteiger partial charge on any atom is 0.0965 e. The molecule has 0 aromatic carbocycles. The van der Waals surface area contributed by atoms with E-state index < -0.39 is 0 Å². The Balaban J connectivity index is 2.01. The monoisotopic (exact) mass is 296 g/mol. The van der Waals surface area contributed by atoms with E-state index in [4.69, 9.17) is 0 Å². The minimum absolute atomic E-state index is 0.147. The second kappa shape index (κ2) is 8.01. The molecular weight excluding hydrogens is 268 g/mol. The highest BCUT2D eigenvalue weighted by molar-refractivity contribution is 6.12. The summed E-state index contributed by atoms with van der Waals surface area (Å²) in [5.41, 5.74) is 0.149. The number of hydrogen-bond donors (Lipinski definition) is 0. The maximum absolute atomic E-state index is 11.4. The van der Waals surface area contributed by atoms with E-state index in [1.165, 1.54) is 38.5 Å². The van der Waals surface area contributed by atoms with E-state index in [0.29, 0.717) is 11.8 Å². The summed E-state index contributed by atoms with van der Waals surface area (Å²) in [7, 11) is 0.855. The van der Waals surface area contributed by atoms with E-state index in [1.54, 1.807) is 0 Å². The quantitative estimate of drug-likeness (QED) is 0.555. The van der Waals surface area contributed by atoms with Gasteiger partial charge in [0.15, 0.2) is 0 Å². The van der Waals surface area contributed by atoms with Gasteiger partial charge in [-0.15, -0.1) is 0 Å². The molecule has 0 heterocycles. The van der Waals surface area contributed by atoms with E-state index in [1.807, 2.05) is 0 Å². The third kappa shape index (κ3) is 3.74. The molecule has 0 amide bonds. The summed E-state index contributed by atoms with van der Waals surface area (Å²) in [6.07, 6.45) is 11.9. The number of nitroso groups, excluding NO2 is 2. The Bertz CT molecular complexity index is 285. The van der Waals surface area contributed by atoms with Gasteiger partial charge in [0, 0.05) is 10.2 Å². The Morgan fingerprint density at radius 3 is 1.35 bits per heavy atom. The minimum atomic E-state index is -0.147. The molecule has 2 saturated carbocycles. The van der Waals surface area contributed by atoms with Gasteiger partial charge in [0.25, 0.3) is 0 Å². The van der Waals surface area contributed by atoms with E-state index in [2.05, 4.69) is 10.4 Å². The van der Waals surface area contributed by atoms with E-state index in [0.717, 1.165) is 35.9 Å². The van der Waals surface area contributed by atoms with Gasteiger partial charge in [0.2, 0.25) is 0 Å². The largest absolute Gasteiger partial charge is 0.151 e. The third-order valence-corrected chi connectivity index (χ3v) is 6.95. The summed E-state index contributed by atoms with van der Waals surface area (Å²) in [5.74, 6) is 0.827. The van der Waals surface area contributed by atoms with Crippen molar-refractivity contribution < 1.29 is 0 Å². The molecule has 0 aromatic heterocycles. The highest BCUT2D eigenvalue weighted by atomic mass is 28.1. The second-order valence-electron chi connectivity index (χ2n) is 6.85. The summed E-state index contributed by atoms with van der Waals surface area (Å²) in [5, 5.41) is 6.92. The van der Waals surface area contributed by atoms with Crippen molar-refractivity contribution in [3.8, 4) is 0 Å². The molecule has 5 heteroatoms. The first-order chi connectivity index (χ1) is 9.77. The molecule has 2 unspecified atom stereocenters. The highest BCUT2D eigenvalue weighted by Crippen LogP contribution is 2.39. The van der Waals surface area contributed by atoms with Gasteiger partial charge in [-0.2, -0.15) is 9.81 Å². The summed E-state index contributed by atoms with van der Waals surface area (Å²) in [6, 6.07) is -0.293. The van der Waals surface area contributed by atoms with Crippen LogP contribution in [0, 0.1) is 21.6 Å². The second-order valence-corrected chi connectivity index (χ2v) is 8.18. The van der Waals surface area contributed by atoms with Crippen LogP contribution in [-0.2, 0) is 0 Å². The normalized spacial score (nSPS) is 26.8. The van der Waals surface area contributed by atoms with E-state index >= 15 is 0 Å². The molecule has 114 valence electrons. The SMILES string of the molecule is O=NC(C1CCCCC1)C([SiH3])C(N=O)C1CCCCC1. The first-order valence-corrected chi connectivity index (χ1v) is 9.58. The van der Waals surface area contributed by atoms with Crippen LogP contribution < -0.4 is 0 Å². The van der Waals surface area contributed by atoms with E-state index in [9.17, 15) is 9.81 Å². The lowest BCUT2D eigenvalue weighted by Gasteiger charge is -2.35. The summed E-state index contributed by atoms with van der Waals surface area (Å²) in [6.45, 7) is 0. The van der Waals surface area contributed by atoms with E-state index in [-0.39, 0.29) is 17.6 Å². The van der Waals surface area contributed by atoms with Crippen molar-refractivity contribution in [1.82, 2.24) is 0 Å². The van der Waals surface area contributed by atoms with Crippen molar-refractivity contribution >= 4 is 10.2 Å². The molecule has 2 rings (SSSR count). The zero-order valence-electron chi connectivity index (χ0n) is 12.7. The summed E-state index contributed by atoms with van der Waals surface area (Å²) in [4.78, 5) is 22.8. The smallest absolute Gasteiger partial charge is 0.0965 e. The van der Waals surface area contributed by atoms with Crippen LogP contribution in [-0.4, -0.2) is 22.3 Å². The van der Waals surface area contributed by atoms with Gasteiger partial charge in [-0.3, -0.25) is 0 Å². The van der Waals surface area contributed by atoms with Crippen LogP contribution in [0.5, 0.6) is 0 Å². The van der Waals surface area contributed by atoms with Gasteiger partial charge in [-0.1, -0.05) is 48.9 Å². The Hall–Kier alpha value is -0.583.